The number of nitrogens with one attached hydrogen (secondary N) is 1. The van der Waals surface area contributed by atoms with E-state index in [2.05, 4.69) is 10.3 Å². The predicted molar refractivity (Wildman–Crippen MR) is 52.3 cm³/mol. The lowest BCUT2D eigenvalue weighted by atomic mass is 10.1. The number of carbonyl (C=O) groups excluding carboxylic acids is 1. The van der Waals surface area contributed by atoms with Crippen LogP contribution in [0.4, 0.5) is 5.69 Å². The molecule has 0 fully saturated rings. The number of hydrogen-bond donors (Lipinski definition) is 1. The fourth-order valence-electron chi connectivity index (χ4n) is 1.02. The molecule has 3 nitrogen and oxygen atoms in total. The molecule has 0 spiro atoms. The molecule has 13 heavy (non-hydrogen) atoms. The topological polar surface area (TPSA) is 42.0 Å². The molecule has 0 radical (unpaired) electrons. The molecule has 0 aliphatic heterocycles. The van der Waals surface area contributed by atoms with E-state index in [0.717, 1.165) is 5.69 Å². The average molecular weight is 178 g/mol. The Hall–Kier alpha value is -1.38. The molecule has 0 atom stereocenters. The number of carbonyl (C=O) groups is 1. The van der Waals surface area contributed by atoms with E-state index in [-0.39, 0.29) is 5.91 Å². The van der Waals surface area contributed by atoms with Crippen molar-refractivity contribution in [2.45, 2.75) is 20.3 Å². The van der Waals surface area contributed by atoms with Gasteiger partial charge < -0.3 is 5.32 Å². The third-order valence-corrected chi connectivity index (χ3v) is 1.56. The Bertz CT molecular complexity index is 270. The van der Waals surface area contributed by atoms with Crippen LogP contribution in [0.2, 0.25) is 0 Å². The molecule has 1 amide bonds. The van der Waals surface area contributed by atoms with Crippen molar-refractivity contribution in [2.24, 2.45) is 5.92 Å². The van der Waals surface area contributed by atoms with Gasteiger partial charge in [-0.05, 0) is 18.1 Å². The molecule has 1 rings (SSSR count). The summed E-state index contributed by atoms with van der Waals surface area (Å²) in [6.07, 6.45) is 3.87. The molecule has 0 saturated heterocycles. The van der Waals surface area contributed by atoms with Crippen LogP contribution in [0.1, 0.15) is 20.3 Å². The van der Waals surface area contributed by atoms with Gasteiger partial charge in [-0.15, -0.1) is 0 Å². The van der Waals surface area contributed by atoms with Crippen LogP contribution in [0.15, 0.2) is 24.5 Å². The third kappa shape index (κ3) is 3.69. The van der Waals surface area contributed by atoms with E-state index in [0.29, 0.717) is 12.3 Å². The Morgan fingerprint density at radius 3 is 2.62 bits per heavy atom. The predicted octanol–water partition coefficient (Wildman–Crippen LogP) is 2.07. The number of aromatic nitrogens is 1. The second-order valence-electron chi connectivity index (χ2n) is 3.38. The number of hydrogen-bond acceptors (Lipinski definition) is 2. The number of pyridine rings is 1. The highest BCUT2D eigenvalue weighted by atomic mass is 16.1. The van der Waals surface area contributed by atoms with Crippen molar-refractivity contribution in [3.05, 3.63) is 24.5 Å². The van der Waals surface area contributed by atoms with Gasteiger partial charge >= 0.3 is 0 Å². The Balaban J connectivity index is 2.46. The molecule has 1 heterocycles. The molecule has 0 aliphatic rings. The minimum atomic E-state index is 0.0567. The summed E-state index contributed by atoms with van der Waals surface area (Å²) in [5.41, 5.74) is 0.806. The van der Waals surface area contributed by atoms with E-state index in [1.807, 2.05) is 13.8 Å². The van der Waals surface area contributed by atoms with Gasteiger partial charge in [0, 0.05) is 24.5 Å². The van der Waals surface area contributed by atoms with Crippen molar-refractivity contribution in [3.8, 4) is 0 Å². The minimum Gasteiger partial charge on any atom is -0.326 e. The van der Waals surface area contributed by atoms with E-state index in [1.165, 1.54) is 0 Å². The fraction of sp³-hybridized carbons (Fsp3) is 0.400. The summed E-state index contributed by atoms with van der Waals surface area (Å²) in [6.45, 7) is 4.04. The fourth-order valence-corrected chi connectivity index (χ4v) is 1.02. The van der Waals surface area contributed by atoms with Gasteiger partial charge in [-0.25, -0.2) is 0 Å². The number of anilines is 1. The Morgan fingerprint density at radius 1 is 1.46 bits per heavy atom. The lowest BCUT2D eigenvalue weighted by molar-refractivity contribution is -0.116. The van der Waals surface area contributed by atoms with Gasteiger partial charge in [0.1, 0.15) is 0 Å². The van der Waals surface area contributed by atoms with Crippen LogP contribution in [0, 0.1) is 5.92 Å². The second-order valence-corrected chi connectivity index (χ2v) is 3.38. The van der Waals surface area contributed by atoms with Crippen LogP contribution in [0.25, 0.3) is 0 Å². The zero-order valence-electron chi connectivity index (χ0n) is 7.95. The largest absolute Gasteiger partial charge is 0.326 e. The summed E-state index contributed by atoms with van der Waals surface area (Å²) < 4.78 is 0. The molecule has 0 bridgehead atoms. The minimum absolute atomic E-state index is 0.0567. The van der Waals surface area contributed by atoms with Gasteiger partial charge in [0.2, 0.25) is 5.91 Å². The lowest BCUT2D eigenvalue weighted by Crippen LogP contribution is -2.13. The normalized spacial score (nSPS) is 10.1. The maximum Gasteiger partial charge on any atom is 0.224 e. The van der Waals surface area contributed by atoms with Crippen molar-refractivity contribution >= 4 is 11.6 Å². The van der Waals surface area contributed by atoms with E-state index in [9.17, 15) is 4.79 Å². The molecular formula is C10H14N2O. The Kier molecular flexibility index (Phi) is 3.43. The SMILES string of the molecule is CC(C)CC(=O)Nc1ccncc1. The highest BCUT2D eigenvalue weighted by Gasteiger charge is 2.03. The average Bonchev–Trinajstić information content (AvgIpc) is 2.04. The first kappa shape index (κ1) is 9.71. The number of nitrogens with zero attached hydrogens (tertiary/aromatic N) is 1. The maximum absolute atomic E-state index is 11.3. The highest BCUT2D eigenvalue weighted by Crippen LogP contribution is 2.06. The van der Waals surface area contributed by atoms with Gasteiger partial charge in [-0.3, -0.25) is 9.78 Å². The summed E-state index contributed by atoms with van der Waals surface area (Å²) in [6, 6.07) is 3.55. The summed E-state index contributed by atoms with van der Waals surface area (Å²) in [5, 5.41) is 2.79. The van der Waals surface area contributed by atoms with Gasteiger partial charge in [0.25, 0.3) is 0 Å². The zero-order valence-corrected chi connectivity index (χ0v) is 7.95. The third-order valence-electron chi connectivity index (χ3n) is 1.56. The van der Waals surface area contributed by atoms with Gasteiger partial charge in [0.15, 0.2) is 0 Å². The second kappa shape index (κ2) is 4.60. The van der Waals surface area contributed by atoms with Crippen molar-refractivity contribution in [1.82, 2.24) is 4.98 Å². The molecule has 1 aromatic rings. The van der Waals surface area contributed by atoms with E-state index in [4.69, 9.17) is 0 Å². The van der Waals surface area contributed by atoms with E-state index >= 15 is 0 Å². The van der Waals surface area contributed by atoms with Crippen LogP contribution < -0.4 is 5.32 Å². The van der Waals surface area contributed by atoms with Crippen molar-refractivity contribution in [1.29, 1.82) is 0 Å². The summed E-state index contributed by atoms with van der Waals surface area (Å²) in [5.74, 6) is 0.447. The smallest absolute Gasteiger partial charge is 0.224 e. The molecule has 1 aromatic heterocycles. The summed E-state index contributed by atoms with van der Waals surface area (Å²) in [4.78, 5) is 15.2. The van der Waals surface area contributed by atoms with E-state index < -0.39 is 0 Å². The standard InChI is InChI=1S/C10H14N2O/c1-8(2)7-10(13)12-9-3-5-11-6-4-9/h3-6,8H,7H2,1-2H3,(H,11,12,13). The first-order valence-corrected chi connectivity index (χ1v) is 4.38. The zero-order chi connectivity index (χ0) is 9.68. The quantitative estimate of drug-likeness (QED) is 0.769. The van der Waals surface area contributed by atoms with Gasteiger partial charge in [-0.2, -0.15) is 0 Å². The van der Waals surface area contributed by atoms with Gasteiger partial charge in [0.05, 0.1) is 0 Å². The van der Waals surface area contributed by atoms with Gasteiger partial charge in [-0.1, -0.05) is 13.8 Å². The molecule has 70 valence electrons. The summed E-state index contributed by atoms with van der Waals surface area (Å²) in [7, 11) is 0. The molecular weight excluding hydrogens is 164 g/mol. The first-order chi connectivity index (χ1) is 6.18. The number of rotatable bonds is 3. The Morgan fingerprint density at radius 2 is 2.08 bits per heavy atom. The number of amides is 1. The van der Waals surface area contributed by atoms with Crippen LogP contribution in [0.3, 0.4) is 0 Å². The lowest BCUT2D eigenvalue weighted by Gasteiger charge is -2.05. The maximum atomic E-state index is 11.3. The summed E-state index contributed by atoms with van der Waals surface area (Å²) >= 11 is 0. The van der Waals surface area contributed by atoms with Crippen LogP contribution in [-0.2, 0) is 4.79 Å². The molecule has 1 N–H and O–H groups in total. The molecule has 0 saturated carbocycles. The van der Waals surface area contributed by atoms with Crippen LogP contribution in [-0.4, -0.2) is 10.9 Å². The monoisotopic (exact) mass is 178 g/mol. The Labute approximate surface area is 78.2 Å². The molecule has 0 aromatic carbocycles. The highest BCUT2D eigenvalue weighted by molar-refractivity contribution is 5.90. The van der Waals surface area contributed by atoms with Crippen molar-refractivity contribution in [3.63, 3.8) is 0 Å². The molecule has 0 aliphatic carbocycles. The van der Waals surface area contributed by atoms with Crippen LogP contribution >= 0.6 is 0 Å². The first-order valence-electron chi connectivity index (χ1n) is 4.38. The van der Waals surface area contributed by atoms with Crippen molar-refractivity contribution < 1.29 is 4.79 Å². The molecule has 3 heteroatoms. The van der Waals surface area contributed by atoms with E-state index in [1.54, 1.807) is 24.5 Å². The molecule has 0 unspecified atom stereocenters. The van der Waals surface area contributed by atoms with Crippen LogP contribution in [0.5, 0.6) is 0 Å². The van der Waals surface area contributed by atoms with Crippen molar-refractivity contribution in [2.75, 3.05) is 5.32 Å².